The van der Waals surface area contributed by atoms with Gasteiger partial charge in [-0.1, -0.05) is 47.5 Å². The Hall–Kier alpha value is -3.00. The number of aryl methyl sites for hydroxylation is 2. The summed E-state index contributed by atoms with van der Waals surface area (Å²) < 4.78 is 5.17. The largest absolute Gasteiger partial charge is 0.452 e. The molecule has 6 nitrogen and oxygen atoms in total. The Bertz CT molecular complexity index is 1230. The molecule has 9 heteroatoms. The highest BCUT2D eigenvalue weighted by Gasteiger charge is 2.16. The number of rotatable bonds is 8. The molecule has 0 bridgehead atoms. The van der Waals surface area contributed by atoms with Crippen LogP contribution in [-0.2, 0) is 14.3 Å². The lowest BCUT2D eigenvalue weighted by molar-refractivity contribution is -0.119. The standard InChI is InChI=1S/C25H22Cl2N2O4S/c1-15-7-9-17(11-20(15)26)28-23(30)13-33-25(32)19-5-3-4-6-22(19)34-14-24(31)29-18-10-8-16(2)21(27)12-18/h3-12H,13-14H2,1-2H3,(H,28,30)(H,29,31). The second kappa shape index (κ2) is 11.9. The number of thioether (sulfide) groups is 1. The van der Waals surface area contributed by atoms with E-state index in [1.165, 1.54) is 11.8 Å². The molecule has 34 heavy (non-hydrogen) atoms. The van der Waals surface area contributed by atoms with Crippen LogP contribution in [0.2, 0.25) is 10.0 Å². The number of amides is 2. The first-order valence-corrected chi connectivity index (χ1v) is 12.0. The number of nitrogens with one attached hydrogen (secondary N) is 2. The minimum Gasteiger partial charge on any atom is -0.452 e. The van der Waals surface area contributed by atoms with Crippen LogP contribution in [0.15, 0.2) is 65.6 Å². The molecule has 0 aliphatic heterocycles. The second-order valence-corrected chi connectivity index (χ2v) is 9.22. The van der Waals surface area contributed by atoms with E-state index in [1.807, 2.05) is 19.9 Å². The van der Waals surface area contributed by atoms with Crippen molar-refractivity contribution in [2.45, 2.75) is 18.7 Å². The lowest BCUT2D eigenvalue weighted by atomic mass is 10.2. The van der Waals surface area contributed by atoms with Crippen LogP contribution in [0.3, 0.4) is 0 Å². The van der Waals surface area contributed by atoms with Crippen LogP contribution in [0.5, 0.6) is 0 Å². The van der Waals surface area contributed by atoms with Crippen LogP contribution >= 0.6 is 35.0 Å². The van der Waals surface area contributed by atoms with Crippen molar-refractivity contribution in [2.24, 2.45) is 0 Å². The highest BCUT2D eigenvalue weighted by atomic mass is 35.5. The maximum Gasteiger partial charge on any atom is 0.339 e. The SMILES string of the molecule is Cc1ccc(NC(=O)COC(=O)c2ccccc2SCC(=O)Nc2ccc(C)c(Cl)c2)cc1Cl. The summed E-state index contributed by atoms with van der Waals surface area (Å²) in [6.07, 6.45) is 0. The molecule has 0 aliphatic carbocycles. The number of carbonyl (C=O) groups excluding carboxylic acids is 3. The highest BCUT2D eigenvalue weighted by molar-refractivity contribution is 8.00. The molecule has 2 amide bonds. The molecule has 0 saturated heterocycles. The van der Waals surface area contributed by atoms with Gasteiger partial charge in [0.25, 0.3) is 5.91 Å². The van der Waals surface area contributed by atoms with Gasteiger partial charge in [-0.05, 0) is 61.4 Å². The molecule has 3 aromatic carbocycles. The third kappa shape index (κ3) is 7.25. The van der Waals surface area contributed by atoms with Gasteiger partial charge in [0.2, 0.25) is 5.91 Å². The molecule has 176 valence electrons. The highest BCUT2D eigenvalue weighted by Crippen LogP contribution is 2.25. The zero-order chi connectivity index (χ0) is 24.7. The van der Waals surface area contributed by atoms with E-state index < -0.39 is 18.5 Å². The lowest BCUT2D eigenvalue weighted by Crippen LogP contribution is -2.21. The van der Waals surface area contributed by atoms with E-state index in [9.17, 15) is 14.4 Å². The van der Waals surface area contributed by atoms with Gasteiger partial charge in [-0.2, -0.15) is 0 Å². The predicted molar refractivity (Wildman–Crippen MR) is 137 cm³/mol. The predicted octanol–water partition coefficient (Wildman–Crippen LogP) is 6.14. The van der Waals surface area contributed by atoms with Gasteiger partial charge < -0.3 is 15.4 Å². The zero-order valence-corrected chi connectivity index (χ0v) is 20.8. The Labute approximate surface area is 212 Å². The first-order valence-electron chi connectivity index (χ1n) is 10.2. The van der Waals surface area contributed by atoms with Crippen molar-refractivity contribution in [1.29, 1.82) is 0 Å². The van der Waals surface area contributed by atoms with Crippen LogP contribution in [0.25, 0.3) is 0 Å². The molecule has 0 atom stereocenters. The van der Waals surface area contributed by atoms with Gasteiger partial charge in [-0.3, -0.25) is 9.59 Å². The topological polar surface area (TPSA) is 84.5 Å². The minimum atomic E-state index is -0.661. The van der Waals surface area contributed by atoms with E-state index in [0.717, 1.165) is 11.1 Å². The lowest BCUT2D eigenvalue weighted by Gasteiger charge is -2.11. The quantitative estimate of drug-likeness (QED) is 0.277. The number of esters is 1. The maximum atomic E-state index is 12.6. The summed E-state index contributed by atoms with van der Waals surface area (Å²) in [6.45, 7) is 3.27. The van der Waals surface area contributed by atoms with Gasteiger partial charge in [0.05, 0.1) is 11.3 Å². The van der Waals surface area contributed by atoms with Gasteiger partial charge in [0.15, 0.2) is 6.61 Å². The van der Waals surface area contributed by atoms with Crippen LogP contribution < -0.4 is 10.6 Å². The molecule has 3 rings (SSSR count). The van der Waals surface area contributed by atoms with E-state index in [1.54, 1.807) is 54.6 Å². The van der Waals surface area contributed by atoms with E-state index in [-0.39, 0.29) is 17.2 Å². The Kier molecular flexibility index (Phi) is 8.98. The molecule has 0 spiro atoms. The summed E-state index contributed by atoms with van der Waals surface area (Å²) in [5.41, 5.74) is 3.17. The van der Waals surface area contributed by atoms with Gasteiger partial charge in [0.1, 0.15) is 0 Å². The van der Waals surface area contributed by atoms with Crippen molar-refractivity contribution in [3.8, 4) is 0 Å². The van der Waals surface area contributed by atoms with Crippen LogP contribution in [0, 0.1) is 13.8 Å². The smallest absolute Gasteiger partial charge is 0.339 e. The van der Waals surface area contributed by atoms with Gasteiger partial charge in [-0.15, -0.1) is 11.8 Å². The average Bonchev–Trinajstić information content (AvgIpc) is 2.81. The fourth-order valence-electron chi connectivity index (χ4n) is 2.85. The Morgan fingerprint density at radius 3 is 1.97 bits per heavy atom. The molecule has 0 aromatic heterocycles. The molecule has 0 unspecified atom stereocenters. The minimum absolute atomic E-state index is 0.0739. The van der Waals surface area contributed by atoms with Crippen LogP contribution in [-0.4, -0.2) is 30.1 Å². The summed E-state index contributed by atoms with van der Waals surface area (Å²) in [4.78, 5) is 37.6. The Balaban J connectivity index is 1.54. The number of ether oxygens (including phenoxy) is 1. The Morgan fingerprint density at radius 1 is 0.824 bits per heavy atom. The second-order valence-electron chi connectivity index (χ2n) is 7.39. The first kappa shape index (κ1) is 25.6. The van der Waals surface area contributed by atoms with Crippen molar-refractivity contribution >= 4 is 64.1 Å². The first-order chi connectivity index (χ1) is 16.2. The van der Waals surface area contributed by atoms with Gasteiger partial charge in [-0.25, -0.2) is 4.79 Å². The molecule has 0 heterocycles. The van der Waals surface area contributed by atoms with Crippen molar-refractivity contribution in [3.05, 3.63) is 87.4 Å². The third-order valence-corrected chi connectivity index (χ3v) is 6.60. The molecular formula is C25H22Cl2N2O4S. The number of hydrogen-bond acceptors (Lipinski definition) is 5. The van der Waals surface area contributed by atoms with Crippen molar-refractivity contribution in [1.82, 2.24) is 0 Å². The molecule has 0 fully saturated rings. The summed E-state index contributed by atoms with van der Waals surface area (Å²) >= 11 is 13.3. The number of benzene rings is 3. The monoisotopic (exact) mass is 516 g/mol. The zero-order valence-electron chi connectivity index (χ0n) is 18.5. The van der Waals surface area contributed by atoms with Crippen molar-refractivity contribution in [3.63, 3.8) is 0 Å². The van der Waals surface area contributed by atoms with Crippen molar-refractivity contribution in [2.75, 3.05) is 23.0 Å². The van der Waals surface area contributed by atoms with E-state index in [4.69, 9.17) is 27.9 Å². The molecule has 0 aliphatic rings. The van der Waals surface area contributed by atoms with E-state index >= 15 is 0 Å². The number of anilines is 2. The molecule has 3 aromatic rings. The van der Waals surface area contributed by atoms with E-state index in [2.05, 4.69) is 10.6 Å². The molecular weight excluding hydrogens is 495 g/mol. The fourth-order valence-corrected chi connectivity index (χ4v) is 4.05. The number of halogens is 2. The van der Waals surface area contributed by atoms with E-state index in [0.29, 0.717) is 26.3 Å². The summed E-state index contributed by atoms with van der Waals surface area (Å²) in [5, 5.41) is 6.50. The van der Waals surface area contributed by atoms with Crippen LogP contribution in [0.1, 0.15) is 21.5 Å². The molecule has 2 N–H and O–H groups in total. The normalized spacial score (nSPS) is 10.5. The molecule has 0 radical (unpaired) electrons. The fraction of sp³-hybridized carbons (Fsp3) is 0.160. The summed E-state index contributed by atoms with van der Waals surface area (Å²) in [5.74, 6) is -1.32. The summed E-state index contributed by atoms with van der Waals surface area (Å²) in [7, 11) is 0. The number of hydrogen-bond donors (Lipinski definition) is 2. The average molecular weight is 517 g/mol. The van der Waals surface area contributed by atoms with Crippen LogP contribution in [0.4, 0.5) is 11.4 Å². The number of carbonyl (C=O) groups is 3. The Morgan fingerprint density at radius 2 is 1.38 bits per heavy atom. The van der Waals surface area contributed by atoms with Gasteiger partial charge >= 0.3 is 5.97 Å². The van der Waals surface area contributed by atoms with Crippen molar-refractivity contribution < 1.29 is 19.1 Å². The maximum absolute atomic E-state index is 12.6. The third-order valence-electron chi connectivity index (χ3n) is 4.71. The summed E-state index contributed by atoms with van der Waals surface area (Å²) in [6, 6.07) is 17.1. The van der Waals surface area contributed by atoms with Gasteiger partial charge in [0, 0.05) is 26.3 Å². The molecule has 0 saturated carbocycles.